The number of aliphatic hydroxyl groups is 1. The van der Waals surface area contributed by atoms with Crippen LogP contribution in [-0.2, 0) is 0 Å². The number of hydrogen-bond donors (Lipinski definition) is 2. The van der Waals surface area contributed by atoms with Crippen LogP contribution in [0.1, 0.15) is 27.2 Å². The number of aryl methyl sites for hydroxylation is 1. The summed E-state index contributed by atoms with van der Waals surface area (Å²) in [5, 5.41) is 9.84. The highest BCUT2D eigenvalue weighted by Crippen LogP contribution is 2.26. The molecule has 1 aromatic rings. The first-order valence-corrected chi connectivity index (χ1v) is 9.83. The monoisotopic (exact) mass is 376 g/mol. The maximum Gasteiger partial charge on any atom is 0.261 e. The van der Waals surface area contributed by atoms with Crippen molar-refractivity contribution < 1.29 is 9.90 Å². The number of nitrogens with one attached hydrogen (secondary N) is 1. The SMILES string of the molecule is Cc1[nH]c(=O)c(C(=O)N2C[C@@H](CN3CCN(C)CC3)[C@@H](CO)C2)c(C)c1C. The van der Waals surface area contributed by atoms with Crippen LogP contribution in [0.3, 0.4) is 0 Å². The molecule has 0 aliphatic carbocycles. The van der Waals surface area contributed by atoms with Gasteiger partial charge in [0.1, 0.15) is 5.56 Å². The molecule has 0 aromatic carbocycles. The first-order valence-electron chi connectivity index (χ1n) is 9.83. The van der Waals surface area contributed by atoms with Crippen LogP contribution in [0.5, 0.6) is 0 Å². The van der Waals surface area contributed by atoms with Gasteiger partial charge in [0.2, 0.25) is 0 Å². The number of aliphatic hydroxyl groups excluding tert-OH is 1. The Bertz CT molecular complexity index is 752. The molecule has 2 aliphatic heterocycles. The Kier molecular flexibility index (Phi) is 6.03. The molecule has 1 amide bonds. The third-order valence-electron chi connectivity index (χ3n) is 6.43. The number of carbonyl (C=O) groups excluding carboxylic acids is 1. The third-order valence-corrected chi connectivity index (χ3v) is 6.43. The number of amides is 1. The molecule has 1 aromatic heterocycles. The maximum absolute atomic E-state index is 13.1. The lowest BCUT2D eigenvalue weighted by Crippen LogP contribution is -2.47. The second kappa shape index (κ2) is 8.12. The third kappa shape index (κ3) is 4.10. The van der Waals surface area contributed by atoms with E-state index in [2.05, 4.69) is 21.8 Å². The number of H-pyrrole nitrogens is 1. The van der Waals surface area contributed by atoms with Crippen LogP contribution in [0.15, 0.2) is 4.79 Å². The van der Waals surface area contributed by atoms with Crippen molar-refractivity contribution >= 4 is 5.91 Å². The van der Waals surface area contributed by atoms with Gasteiger partial charge in [0.25, 0.3) is 11.5 Å². The Hall–Kier alpha value is -1.70. The van der Waals surface area contributed by atoms with Crippen LogP contribution in [0, 0.1) is 32.6 Å². The second-order valence-electron chi connectivity index (χ2n) is 8.22. The Morgan fingerprint density at radius 2 is 1.70 bits per heavy atom. The van der Waals surface area contributed by atoms with Crippen molar-refractivity contribution in [3.05, 3.63) is 32.7 Å². The van der Waals surface area contributed by atoms with Gasteiger partial charge in [-0.3, -0.25) is 9.59 Å². The fraction of sp³-hybridized carbons (Fsp3) is 0.700. The van der Waals surface area contributed by atoms with E-state index in [0.29, 0.717) is 13.1 Å². The van der Waals surface area contributed by atoms with Gasteiger partial charge in [0.05, 0.1) is 0 Å². The fourth-order valence-electron chi connectivity index (χ4n) is 4.26. The molecule has 2 atom stereocenters. The number of piperazine rings is 1. The molecular weight excluding hydrogens is 344 g/mol. The molecule has 0 saturated carbocycles. The second-order valence-corrected chi connectivity index (χ2v) is 8.22. The molecule has 0 radical (unpaired) electrons. The van der Waals surface area contributed by atoms with Crippen molar-refractivity contribution in [3.63, 3.8) is 0 Å². The summed E-state index contributed by atoms with van der Waals surface area (Å²) in [6.45, 7) is 11.8. The molecule has 7 heteroatoms. The predicted molar refractivity (Wildman–Crippen MR) is 105 cm³/mol. The molecule has 150 valence electrons. The average molecular weight is 377 g/mol. The highest BCUT2D eigenvalue weighted by atomic mass is 16.3. The van der Waals surface area contributed by atoms with Gasteiger partial charge in [-0.15, -0.1) is 0 Å². The highest BCUT2D eigenvalue weighted by molar-refractivity contribution is 5.95. The lowest BCUT2D eigenvalue weighted by molar-refractivity contribution is 0.0774. The standard InChI is InChI=1S/C20H32N4O3/c1-13-14(2)18(19(26)21-15(13)3)20(27)24-10-16(17(11-24)12-25)9-23-7-5-22(4)6-8-23/h16-17,25H,5-12H2,1-4H3,(H,21,26)/t16-,17-/m1/s1. The minimum absolute atomic E-state index is 0.0690. The van der Waals surface area contributed by atoms with Crippen molar-refractivity contribution in [2.24, 2.45) is 11.8 Å². The first-order chi connectivity index (χ1) is 12.8. The van der Waals surface area contributed by atoms with Gasteiger partial charge in [-0.1, -0.05) is 0 Å². The topological polar surface area (TPSA) is 79.9 Å². The maximum atomic E-state index is 13.1. The van der Waals surface area contributed by atoms with Crippen LogP contribution in [0.25, 0.3) is 0 Å². The lowest BCUT2D eigenvalue weighted by atomic mass is 9.96. The van der Waals surface area contributed by atoms with Crippen molar-refractivity contribution in [1.82, 2.24) is 19.7 Å². The van der Waals surface area contributed by atoms with Crippen LogP contribution in [0.4, 0.5) is 0 Å². The Balaban J connectivity index is 1.74. The van der Waals surface area contributed by atoms with Crippen LogP contribution in [-0.4, -0.2) is 90.2 Å². The van der Waals surface area contributed by atoms with Gasteiger partial charge in [-0.2, -0.15) is 0 Å². The summed E-state index contributed by atoms with van der Waals surface area (Å²) in [6.07, 6.45) is 0. The summed E-state index contributed by atoms with van der Waals surface area (Å²) in [5.74, 6) is 0.101. The average Bonchev–Trinajstić information content (AvgIpc) is 3.04. The van der Waals surface area contributed by atoms with Crippen molar-refractivity contribution in [3.8, 4) is 0 Å². The number of likely N-dealkylation sites (N-methyl/N-ethyl adjacent to an activating group) is 1. The van der Waals surface area contributed by atoms with Gasteiger partial charge in [0, 0.05) is 64.0 Å². The van der Waals surface area contributed by atoms with Crippen LogP contribution in [0.2, 0.25) is 0 Å². The Morgan fingerprint density at radius 1 is 1.07 bits per heavy atom. The van der Waals surface area contributed by atoms with E-state index in [1.807, 2.05) is 20.8 Å². The van der Waals surface area contributed by atoms with E-state index in [1.54, 1.807) is 4.90 Å². The zero-order valence-electron chi connectivity index (χ0n) is 16.9. The molecule has 2 saturated heterocycles. The van der Waals surface area contributed by atoms with E-state index in [4.69, 9.17) is 0 Å². The largest absolute Gasteiger partial charge is 0.396 e. The predicted octanol–water partition coefficient (Wildman–Crippen LogP) is 0.228. The number of pyridine rings is 1. The first kappa shape index (κ1) is 20.0. The highest BCUT2D eigenvalue weighted by Gasteiger charge is 2.37. The molecule has 3 rings (SSSR count). The molecule has 2 aliphatic rings. The van der Waals surface area contributed by atoms with Gasteiger partial charge >= 0.3 is 0 Å². The van der Waals surface area contributed by atoms with Crippen LogP contribution < -0.4 is 5.56 Å². The zero-order chi connectivity index (χ0) is 19.7. The van der Waals surface area contributed by atoms with Gasteiger partial charge < -0.3 is 24.8 Å². The molecule has 3 heterocycles. The van der Waals surface area contributed by atoms with E-state index in [-0.39, 0.29) is 35.5 Å². The van der Waals surface area contributed by atoms with Crippen molar-refractivity contribution in [2.75, 3.05) is 59.5 Å². The summed E-state index contributed by atoms with van der Waals surface area (Å²) in [7, 11) is 2.13. The Morgan fingerprint density at radius 3 is 2.33 bits per heavy atom. The lowest BCUT2D eigenvalue weighted by Gasteiger charge is -2.34. The van der Waals surface area contributed by atoms with E-state index >= 15 is 0 Å². The molecule has 0 bridgehead atoms. The summed E-state index contributed by atoms with van der Waals surface area (Å²) in [4.78, 5) is 34.8. The van der Waals surface area contributed by atoms with Crippen LogP contribution >= 0.6 is 0 Å². The fourth-order valence-corrected chi connectivity index (χ4v) is 4.26. The molecular formula is C20H32N4O3. The molecule has 7 nitrogen and oxygen atoms in total. The molecule has 2 fully saturated rings. The number of carbonyl (C=O) groups is 1. The van der Waals surface area contributed by atoms with E-state index < -0.39 is 0 Å². The molecule has 27 heavy (non-hydrogen) atoms. The number of hydrogen-bond acceptors (Lipinski definition) is 5. The van der Waals surface area contributed by atoms with E-state index in [9.17, 15) is 14.7 Å². The van der Waals surface area contributed by atoms with E-state index in [0.717, 1.165) is 49.5 Å². The van der Waals surface area contributed by atoms with Crippen molar-refractivity contribution in [2.45, 2.75) is 20.8 Å². The summed E-state index contributed by atoms with van der Waals surface area (Å²) in [6, 6.07) is 0. The Labute approximate surface area is 161 Å². The van der Waals surface area contributed by atoms with E-state index in [1.165, 1.54) is 0 Å². The minimum Gasteiger partial charge on any atom is -0.396 e. The number of aromatic amines is 1. The zero-order valence-corrected chi connectivity index (χ0v) is 16.9. The molecule has 2 N–H and O–H groups in total. The summed E-state index contributed by atoms with van der Waals surface area (Å²) >= 11 is 0. The quantitative estimate of drug-likeness (QED) is 0.786. The van der Waals surface area contributed by atoms with Gasteiger partial charge in [0.15, 0.2) is 0 Å². The number of likely N-dealkylation sites (tertiary alicyclic amines) is 1. The number of nitrogens with zero attached hydrogens (tertiary/aromatic N) is 3. The minimum atomic E-state index is -0.316. The molecule has 0 unspecified atom stereocenters. The van der Waals surface area contributed by atoms with Crippen molar-refractivity contribution in [1.29, 1.82) is 0 Å². The number of rotatable bonds is 4. The summed E-state index contributed by atoms with van der Waals surface area (Å²) in [5.41, 5.74) is 2.43. The smallest absolute Gasteiger partial charge is 0.261 e. The molecule has 0 spiro atoms. The number of aromatic nitrogens is 1. The summed E-state index contributed by atoms with van der Waals surface area (Å²) < 4.78 is 0. The van der Waals surface area contributed by atoms with Gasteiger partial charge in [-0.05, 0) is 44.9 Å². The normalized spacial score (nSPS) is 24.6. The van der Waals surface area contributed by atoms with Gasteiger partial charge in [-0.25, -0.2) is 0 Å².